The molecule has 1 amide bonds. The maximum atomic E-state index is 12.2. The van der Waals surface area contributed by atoms with Gasteiger partial charge in [0.1, 0.15) is 11.8 Å². The third kappa shape index (κ3) is 7.19. The maximum Gasteiger partial charge on any atom is 0.326 e. The summed E-state index contributed by atoms with van der Waals surface area (Å²) in [6, 6.07) is 3.94. The Balaban J connectivity index is 2.66. The molecule has 0 heterocycles. The fourth-order valence-corrected chi connectivity index (χ4v) is 2.24. The van der Waals surface area contributed by atoms with Crippen molar-refractivity contribution in [3.05, 3.63) is 28.8 Å². The fourth-order valence-electron chi connectivity index (χ4n) is 2.04. The van der Waals surface area contributed by atoms with Crippen molar-refractivity contribution in [1.82, 2.24) is 5.32 Å². The van der Waals surface area contributed by atoms with E-state index in [0.717, 1.165) is 0 Å². The van der Waals surface area contributed by atoms with Crippen molar-refractivity contribution >= 4 is 23.5 Å². The molecule has 1 rings (SSSR count). The van der Waals surface area contributed by atoms with E-state index in [1.165, 1.54) is 7.11 Å². The number of methoxy groups -OCH3 is 1. The number of benzene rings is 1. The number of halogens is 1. The zero-order valence-corrected chi connectivity index (χ0v) is 15.1. The molecule has 0 spiro atoms. The first-order valence-electron chi connectivity index (χ1n) is 7.61. The minimum absolute atomic E-state index is 0.0202. The van der Waals surface area contributed by atoms with Crippen LogP contribution in [0.25, 0.3) is 0 Å². The van der Waals surface area contributed by atoms with E-state index in [0.29, 0.717) is 16.3 Å². The fraction of sp³-hybridized carbons (Fsp3) is 0.529. The van der Waals surface area contributed by atoms with E-state index in [1.807, 2.05) is 20.8 Å². The largest absolute Gasteiger partial charge is 0.496 e. The normalized spacial score (nSPS) is 12.5. The molecule has 134 valence electrons. The van der Waals surface area contributed by atoms with Gasteiger partial charge in [-0.05, 0) is 39.0 Å². The monoisotopic (exact) mass is 357 g/mol. The molecule has 0 bridgehead atoms. The lowest BCUT2D eigenvalue weighted by molar-refractivity contribution is -0.142. The van der Waals surface area contributed by atoms with Gasteiger partial charge in [0.15, 0.2) is 0 Å². The number of hydrogen-bond acceptors (Lipinski definition) is 4. The molecule has 1 aromatic carbocycles. The highest BCUT2D eigenvalue weighted by molar-refractivity contribution is 6.30. The molecule has 0 radical (unpaired) electrons. The number of nitrogens with one attached hydrogen (secondary N) is 1. The van der Waals surface area contributed by atoms with Crippen molar-refractivity contribution < 1.29 is 24.2 Å². The van der Waals surface area contributed by atoms with E-state index in [9.17, 15) is 14.7 Å². The number of aliphatic carboxylic acids is 1. The highest BCUT2D eigenvalue weighted by Crippen LogP contribution is 2.23. The summed E-state index contributed by atoms with van der Waals surface area (Å²) in [6.45, 7) is 5.88. The molecule has 0 aliphatic heterocycles. The number of carbonyl (C=O) groups is 2. The van der Waals surface area contributed by atoms with Crippen LogP contribution in [0, 0.1) is 0 Å². The zero-order chi connectivity index (χ0) is 18.3. The molecule has 24 heavy (non-hydrogen) atoms. The van der Waals surface area contributed by atoms with Crippen LogP contribution in [0.5, 0.6) is 5.75 Å². The first kappa shape index (κ1) is 20.3. The van der Waals surface area contributed by atoms with Crippen LogP contribution in [0.4, 0.5) is 0 Å². The quantitative estimate of drug-likeness (QED) is 0.747. The van der Waals surface area contributed by atoms with Crippen molar-refractivity contribution in [2.75, 3.05) is 13.7 Å². The van der Waals surface area contributed by atoms with Crippen molar-refractivity contribution in [2.45, 2.75) is 45.3 Å². The van der Waals surface area contributed by atoms with Gasteiger partial charge in [0.05, 0.1) is 19.1 Å². The van der Waals surface area contributed by atoms with Gasteiger partial charge in [-0.3, -0.25) is 4.79 Å². The third-order valence-electron chi connectivity index (χ3n) is 3.17. The number of rotatable bonds is 8. The highest BCUT2D eigenvalue weighted by Gasteiger charge is 2.22. The number of ether oxygens (including phenoxy) is 2. The van der Waals surface area contributed by atoms with Crippen molar-refractivity contribution in [3.8, 4) is 5.75 Å². The molecule has 2 N–H and O–H groups in total. The summed E-state index contributed by atoms with van der Waals surface area (Å²) in [5, 5.41) is 12.2. The summed E-state index contributed by atoms with van der Waals surface area (Å²) < 4.78 is 10.7. The minimum atomic E-state index is -1.10. The lowest BCUT2D eigenvalue weighted by Gasteiger charge is -2.21. The minimum Gasteiger partial charge on any atom is -0.496 e. The van der Waals surface area contributed by atoms with Crippen molar-refractivity contribution in [3.63, 3.8) is 0 Å². The van der Waals surface area contributed by atoms with Gasteiger partial charge < -0.3 is 19.9 Å². The number of carboxylic acid groups (broad SMARTS) is 1. The molecule has 1 unspecified atom stereocenters. The Bertz CT molecular complexity index is 583. The van der Waals surface area contributed by atoms with Crippen LogP contribution in [0.2, 0.25) is 5.02 Å². The summed E-state index contributed by atoms with van der Waals surface area (Å²) >= 11 is 5.93. The van der Waals surface area contributed by atoms with E-state index in [4.69, 9.17) is 21.1 Å². The second kappa shape index (κ2) is 8.89. The summed E-state index contributed by atoms with van der Waals surface area (Å²) in [5.74, 6) is -0.991. The molecule has 0 aliphatic carbocycles. The number of carbonyl (C=O) groups excluding carboxylic acids is 1. The first-order valence-corrected chi connectivity index (χ1v) is 7.98. The summed E-state index contributed by atoms with van der Waals surface area (Å²) in [5.41, 5.74) is 0.235. The van der Waals surface area contributed by atoms with Gasteiger partial charge in [-0.1, -0.05) is 11.6 Å². The molecule has 0 fully saturated rings. The molecule has 0 aromatic heterocycles. The predicted octanol–water partition coefficient (Wildman–Crippen LogP) is 2.67. The Morgan fingerprint density at radius 3 is 2.54 bits per heavy atom. The maximum absolute atomic E-state index is 12.2. The number of hydrogen-bond donors (Lipinski definition) is 2. The Kier molecular flexibility index (Phi) is 7.51. The molecule has 0 saturated heterocycles. The smallest absolute Gasteiger partial charge is 0.326 e. The second-order valence-corrected chi connectivity index (χ2v) is 6.78. The Morgan fingerprint density at radius 1 is 1.33 bits per heavy atom. The first-order chi connectivity index (χ1) is 11.1. The Labute approximate surface area is 147 Å². The topological polar surface area (TPSA) is 84.9 Å². The molecular formula is C17H24ClNO5. The van der Waals surface area contributed by atoms with Crippen LogP contribution >= 0.6 is 11.6 Å². The molecule has 0 aliphatic rings. The van der Waals surface area contributed by atoms with E-state index < -0.39 is 17.9 Å². The van der Waals surface area contributed by atoms with Crippen LogP contribution in [-0.2, 0) is 20.7 Å². The number of carboxylic acids is 1. The Hall–Kier alpha value is -1.79. The van der Waals surface area contributed by atoms with Crippen LogP contribution in [0.15, 0.2) is 18.2 Å². The van der Waals surface area contributed by atoms with Gasteiger partial charge >= 0.3 is 5.97 Å². The summed E-state index contributed by atoms with van der Waals surface area (Å²) in [7, 11) is 1.49. The lowest BCUT2D eigenvalue weighted by Crippen LogP contribution is -2.42. The van der Waals surface area contributed by atoms with E-state index in [2.05, 4.69) is 5.32 Å². The van der Waals surface area contributed by atoms with Gasteiger partial charge in [0, 0.05) is 23.6 Å². The lowest BCUT2D eigenvalue weighted by atomic mass is 10.1. The predicted molar refractivity (Wildman–Crippen MR) is 91.6 cm³/mol. The second-order valence-electron chi connectivity index (χ2n) is 6.34. The van der Waals surface area contributed by atoms with Gasteiger partial charge in [-0.15, -0.1) is 0 Å². The summed E-state index contributed by atoms with van der Waals surface area (Å²) in [6.07, 6.45) is 0.165. The molecular weight excluding hydrogens is 334 g/mol. The van der Waals surface area contributed by atoms with Crippen LogP contribution < -0.4 is 10.1 Å². The van der Waals surface area contributed by atoms with Gasteiger partial charge in [-0.2, -0.15) is 0 Å². The third-order valence-corrected chi connectivity index (χ3v) is 3.40. The average Bonchev–Trinajstić information content (AvgIpc) is 2.45. The van der Waals surface area contributed by atoms with Crippen LogP contribution in [-0.4, -0.2) is 42.3 Å². The standard InChI is InChI=1S/C17H24ClNO5/c1-17(2,3)24-8-7-13(16(21)22)19-15(20)10-11-9-12(18)5-6-14(11)23-4/h5-6,9,13H,7-8,10H2,1-4H3,(H,19,20)(H,21,22). The van der Waals surface area contributed by atoms with Gasteiger partial charge in [0.2, 0.25) is 5.91 Å². The Morgan fingerprint density at radius 2 is 2.00 bits per heavy atom. The van der Waals surface area contributed by atoms with Crippen molar-refractivity contribution in [1.29, 1.82) is 0 Å². The average molecular weight is 358 g/mol. The van der Waals surface area contributed by atoms with Crippen LogP contribution in [0.3, 0.4) is 0 Å². The summed E-state index contributed by atoms with van der Waals surface area (Å²) in [4.78, 5) is 23.5. The zero-order valence-electron chi connectivity index (χ0n) is 14.4. The molecule has 7 heteroatoms. The molecule has 1 atom stereocenters. The highest BCUT2D eigenvalue weighted by atomic mass is 35.5. The molecule has 6 nitrogen and oxygen atoms in total. The van der Waals surface area contributed by atoms with E-state index >= 15 is 0 Å². The van der Waals surface area contributed by atoms with E-state index in [1.54, 1.807) is 18.2 Å². The van der Waals surface area contributed by atoms with Crippen molar-refractivity contribution in [2.24, 2.45) is 0 Å². The van der Waals surface area contributed by atoms with E-state index in [-0.39, 0.29) is 25.0 Å². The van der Waals surface area contributed by atoms with Crippen LogP contribution in [0.1, 0.15) is 32.8 Å². The molecule has 0 saturated carbocycles. The van der Waals surface area contributed by atoms with Gasteiger partial charge in [-0.25, -0.2) is 4.79 Å². The number of amides is 1. The molecule has 1 aromatic rings. The van der Waals surface area contributed by atoms with Gasteiger partial charge in [0.25, 0.3) is 0 Å². The SMILES string of the molecule is COc1ccc(Cl)cc1CC(=O)NC(CCOC(C)(C)C)C(=O)O.